The minimum absolute atomic E-state index is 0.124. The molecule has 0 aromatic heterocycles. The minimum Gasteiger partial charge on any atom is -0.496 e. The number of methoxy groups -OCH3 is 1. The molecule has 1 aliphatic heterocycles. The van der Waals surface area contributed by atoms with Crippen LogP contribution in [0.15, 0.2) is 18.2 Å². The fourth-order valence-corrected chi connectivity index (χ4v) is 2.89. The molecule has 0 bridgehead atoms. The summed E-state index contributed by atoms with van der Waals surface area (Å²) in [7, 11) is 1.57. The predicted octanol–water partition coefficient (Wildman–Crippen LogP) is 3.49. The molecular weight excluding hydrogens is 281 g/mol. The molecule has 1 aliphatic rings. The van der Waals surface area contributed by atoms with Gasteiger partial charge in [-0.3, -0.25) is 0 Å². The third-order valence-electron chi connectivity index (χ3n) is 4.02. The van der Waals surface area contributed by atoms with E-state index in [4.69, 9.17) is 10.5 Å². The van der Waals surface area contributed by atoms with E-state index in [1.165, 1.54) is 0 Å². The van der Waals surface area contributed by atoms with E-state index in [0.717, 1.165) is 11.3 Å². The van der Waals surface area contributed by atoms with Gasteiger partial charge in [-0.1, -0.05) is 6.07 Å². The Morgan fingerprint density at radius 2 is 1.90 bits per heavy atom. The fourth-order valence-electron chi connectivity index (χ4n) is 2.89. The second kappa shape index (κ2) is 6.13. The smallest absolute Gasteiger partial charge is 0.391 e. The zero-order valence-corrected chi connectivity index (χ0v) is 12.3. The topological polar surface area (TPSA) is 38.5 Å². The highest BCUT2D eigenvalue weighted by molar-refractivity contribution is 5.61. The lowest BCUT2D eigenvalue weighted by Gasteiger charge is -2.36. The largest absolute Gasteiger partial charge is 0.496 e. The van der Waals surface area contributed by atoms with Crippen molar-refractivity contribution in [2.45, 2.75) is 32.0 Å². The first-order chi connectivity index (χ1) is 9.84. The van der Waals surface area contributed by atoms with Crippen molar-refractivity contribution in [2.24, 2.45) is 11.7 Å². The molecule has 118 valence electrons. The fraction of sp³-hybridized carbons (Fsp3) is 0.600. The van der Waals surface area contributed by atoms with Crippen LogP contribution in [0.25, 0.3) is 0 Å². The summed E-state index contributed by atoms with van der Waals surface area (Å²) < 4.78 is 43.5. The van der Waals surface area contributed by atoms with Crippen molar-refractivity contribution >= 4 is 5.69 Å². The van der Waals surface area contributed by atoms with E-state index in [0.29, 0.717) is 18.8 Å². The van der Waals surface area contributed by atoms with Gasteiger partial charge in [0.15, 0.2) is 0 Å². The molecule has 2 N–H and O–H groups in total. The molecule has 2 rings (SSSR count). The molecule has 0 spiro atoms. The molecule has 1 saturated heterocycles. The average molecular weight is 302 g/mol. The molecule has 0 radical (unpaired) electrons. The van der Waals surface area contributed by atoms with Crippen molar-refractivity contribution in [1.29, 1.82) is 0 Å². The highest BCUT2D eigenvalue weighted by atomic mass is 19.4. The number of hydrogen-bond donors (Lipinski definition) is 1. The number of hydrogen-bond acceptors (Lipinski definition) is 3. The monoisotopic (exact) mass is 302 g/mol. The molecule has 1 aromatic rings. The predicted molar refractivity (Wildman–Crippen MR) is 76.6 cm³/mol. The Balaban J connectivity index is 2.21. The molecule has 1 fully saturated rings. The summed E-state index contributed by atoms with van der Waals surface area (Å²) in [6.45, 7) is 2.62. The van der Waals surface area contributed by atoms with Gasteiger partial charge < -0.3 is 15.4 Å². The minimum atomic E-state index is -4.09. The normalized spacial score (nSPS) is 18.7. The van der Waals surface area contributed by atoms with Crippen molar-refractivity contribution in [3.8, 4) is 5.75 Å². The third-order valence-corrected chi connectivity index (χ3v) is 4.02. The molecule has 1 atom stereocenters. The molecule has 0 unspecified atom stereocenters. The Kier molecular flexibility index (Phi) is 4.66. The first-order valence-electron chi connectivity index (χ1n) is 7.08. The summed E-state index contributed by atoms with van der Waals surface area (Å²) in [6.07, 6.45) is -3.84. The van der Waals surface area contributed by atoms with Gasteiger partial charge in [-0.25, -0.2) is 0 Å². The number of nitrogens with two attached hydrogens (primary N) is 1. The molecular formula is C15H21F3N2O. The quantitative estimate of drug-likeness (QED) is 0.929. The lowest BCUT2D eigenvalue weighted by Crippen LogP contribution is -2.39. The number of benzene rings is 1. The maximum atomic E-state index is 12.7. The van der Waals surface area contributed by atoms with Crippen LogP contribution in [-0.2, 0) is 0 Å². The van der Waals surface area contributed by atoms with Crippen LogP contribution in [0.4, 0.5) is 18.9 Å². The number of halogens is 3. The highest BCUT2D eigenvalue weighted by Crippen LogP contribution is 2.39. The number of piperidine rings is 1. The lowest BCUT2D eigenvalue weighted by molar-refractivity contribution is -0.179. The summed E-state index contributed by atoms with van der Waals surface area (Å²) in [6, 6.07) is 5.33. The Bertz CT molecular complexity index is 480. The van der Waals surface area contributed by atoms with Gasteiger partial charge in [-0.2, -0.15) is 13.2 Å². The summed E-state index contributed by atoms with van der Waals surface area (Å²) in [5.74, 6) is -0.515. The van der Waals surface area contributed by atoms with Gasteiger partial charge in [-0.15, -0.1) is 0 Å². The van der Waals surface area contributed by atoms with E-state index < -0.39 is 12.1 Å². The van der Waals surface area contributed by atoms with Gasteiger partial charge in [0.05, 0.1) is 13.0 Å². The maximum Gasteiger partial charge on any atom is 0.391 e. The molecule has 0 aliphatic carbocycles. The van der Waals surface area contributed by atoms with Gasteiger partial charge in [-0.05, 0) is 31.9 Å². The molecule has 1 aromatic carbocycles. The zero-order valence-electron chi connectivity index (χ0n) is 12.3. The molecule has 6 heteroatoms. The molecule has 0 amide bonds. The average Bonchev–Trinajstić information content (AvgIpc) is 2.45. The summed E-state index contributed by atoms with van der Waals surface area (Å²) in [4.78, 5) is 1.98. The zero-order chi connectivity index (χ0) is 15.6. The van der Waals surface area contributed by atoms with E-state index >= 15 is 0 Å². The van der Waals surface area contributed by atoms with Crippen LogP contribution in [0.5, 0.6) is 5.75 Å². The Morgan fingerprint density at radius 1 is 1.29 bits per heavy atom. The first-order valence-corrected chi connectivity index (χ1v) is 7.08. The van der Waals surface area contributed by atoms with Crippen LogP contribution >= 0.6 is 0 Å². The van der Waals surface area contributed by atoms with E-state index in [1.807, 2.05) is 30.0 Å². The van der Waals surface area contributed by atoms with Crippen molar-refractivity contribution in [3.63, 3.8) is 0 Å². The van der Waals surface area contributed by atoms with Crippen molar-refractivity contribution in [3.05, 3.63) is 23.8 Å². The van der Waals surface area contributed by atoms with Crippen LogP contribution in [0.1, 0.15) is 31.4 Å². The number of alkyl halides is 3. The van der Waals surface area contributed by atoms with Crippen LogP contribution in [0.3, 0.4) is 0 Å². The van der Waals surface area contributed by atoms with Gasteiger partial charge in [0.2, 0.25) is 0 Å². The Morgan fingerprint density at radius 3 is 2.38 bits per heavy atom. The van der Waals surface area contributed by atoms with Crippen molar-refractivity contribution < 1.29 is 17.9 Å². The number of rotatable bonds is 3. The summed E-state index contributed by atoms with van der Waals surface area (Å²) in [5, 5.41) is 0. The molecule has 3 nitrogen and oxygen atoms in total. The van der Waals surface area contributed by atoms with Crippen molar-refractivity contribution in [2.75, 3.05) is 25.1 Å². The third kappa shape index (κ3) is 3.43. The van der Waals surface area contributed by atoms with E-state index in [-0.39, 0.29) is 18.9 Å². The van der Waals surface area contributed by atoms with Crippen LogP contribution in [0.2, 0.25) is 0 Å². The molecule has 1 heterocycles. The summed E-state index contributed by atoms with van der Waals surface area (Å²) in [5.41, 5.74) is 7.74. The Hall–Kier alpha value is -1.43. The SMILES string of the molecule is COc1cccc(N2CCC(C(F)(F)F)CC2)c1[C@@H](C)N. The molecule has 21 heavy (non-hydrogen) atoms. The highest BCUT2D eigenvalue weighted by Gasteiger charge is 2.41. The number of nitrogens with zero attached hydrogens (tertiary/aromatic N) is 1. The lowest BCUT2D eigenvalue weighted by atomic mass is 9.94. The summed E-state index contributed by atoms with van der Waals surface area (Å²) >= 11 is 0. The number of ether oxygens (including phenoxy) is 1. The maximum absolute atomic E-state index is 12.7. The first kappa shape index (κ1) is 15.9. The second-order valence-electron chi connectivity index (χ2n) is 5.48. The van der Waals surface area contributed by atoms with Crippen molar-refractivity contribution in [1.82, 2.24) is 0 Å². The van der Waals surface area contributed by atoms with Crippen LogP contribution in [0, 0.1) is 5.92 Å². The van der Waals surface area contributed by atoms with Gasteiger partial charge >= 0.3 is 6.18 Å². The number of anilines is 1. The van der Waals surface area contributed by atoms with E-state index in [2.05, 4.69) is 0 Å². The van der Waals surface area contributed by atoms with E-state index in [9.17, 15) is 13.2 Å². The van der Waals surface area contributed by atoms with Gasteiger partial charge in [0.1, 0.15) is 5.75 Å². The standard InChI is InChI=1S/C15H21F3N2O/c1-10(19)14-12(4-3-5-13(14)21-2)20-8-6-11(7-9-20)15(16,17)18/h3-5,10-11H,6-9,19H2,1-2H3/t10-/m1/s1. The molecule has 0 saturated carbocycles. The van der Waals surface area contributed by atoms with Crippen LogP contribution in [-0.4, -0.2) is 26.4 Å². The Labute approximate surface area is 122 Å². The van der Waals surface area contributed by atoms with Gasteiger partial charge in [0, 0.05) is 30.4 Å². The van der Waals surface area contributed by atoms with Crippen LogP contribution < -0.4 is 15.4 Å². The second-order valence-corrected chi connectivity index (χ2v) is 5.48. The van der Waals surface area contributed by atoms with Gasteiger partial charge in [0.25, 0.3) is 0 Å². The van der Waals surface area contributed by atoms with E-state index in [1.54, 1.807) is 7.11 Å².